The third-order valence-corrected chi connectivity index (χ3v) is 4.98. The highest BCUT2D eigenvalue weighted by Gasteiger charge is 2.28. The van der Waals surface area contributed by atoms with Crippen LogP contribution >= 0.6 is 0 Å². The van der Waals surface area contributed by atoms with Crippen molar-refractivity contribution < 1.29 is 9.90 Å². The molecule has 0 fully saturated rings. The number of rotatable bonds is 4. The van der Waals surface area contributed by atoms with Crippen molar-refractivity contribution in [2.45, 2.75) is 33.2 Å². The second-order valence-electron chi connectivity index (χ2n) is 6.94. The Hall–Kier alpha value is -2.17. The zero-order valence-corrected chi connectivity index (χ0v) is 15.2. The molecule has 0 spiro atoms. The van der Waals surface area contributed by atoms with E-state index in [4.69, 9.17) is 0 Å². The summed E-state index contributed by atoms with van der Waals surface area (Å²) in [5, 5.41) is 12.9. The van der Waals surface area contributed by atoms with Gasteiger partial charge in [0, 0.05) is 12.2 Å². The largest absolute Gasteiger partial charge is 0.394 e. The minimum atomic E-state index is -0.115. The molecular weight excluding hydrogens is 312 g/mol. The highest BCUT2D eigenvalue weighted by atomic mass is 16.3. The number of aryl methyl sites for hydroxylation is 3. The molecule has 25 heavy (non-hydrogen) atoms. The number of carbonyl (C=O) groups excluding carboxylic acids is 1. The van der Waals surface area contributed by atoms with E-state index in [-0.39, 0.29) is 25.1 Å². The number of nitrogens with one attached hydrogen (secondary N) is 1. The maximum Gasteiger partial charge on any atom is 0.238 e. The lowest BCUT2D eigenvalue weighted by molar-refractivity contribution is -0.118. The first-order valence-corrected chi connectivity index (χ1v) is 8.80. The fourth-order valence-corrected chi connectivity index (χ4v) is 3.85. The van der Waals surface area contributed by atoms with Crippen molar-refractivity contribution in [1.82, 2.24) is 4.90 Å². The predicted octanol–water partition coefficient (Wildman–Crippen LogP) is 3.14. The van der Waals surface area contributed by atoms with Gasteiger partial charge in [-0.05, 0) is 49.4 Å². The monoisotopic (exact) mass is 338 g/mol. The highest BCUT2D eigenvalue weighted by molar-refractivity contribution is 5.93. The van der Waals surface area contributed by atoms with E-state index in [1.807, 2.05) is 26.0 Å². The molecular formula is C21H26N2O2. The quantitative estimate of drug-likeness (QED) is 0.900. The molecule has 2 N–H and O–H groups in total. The third kappa shape index (κ3) is 3.75. The van der Waals surface area contributed by atoms with Crippen LogP contribution in [0.2, 0.25) is 0 Å². The topological polar surface area (TPSA) is 52.6 Å². The maximum absolute atomic E-state index is 12.6. The van der Waals surface area contributed by atoms with Crippen molar-refractivity contribution in [1.29, 1.82) is 0 Å². The van der Waals surface area contributed by atoms with E-state index in [1.165, 1.54) is 11.1 Å². The van der Waals surface area contributed by atoms with Gasteiger partial charge in [-0.25, -0.2) is 0 Å². The van der Waals surface area contributed by atoms with E-state index in [2.05, 4.69) is 41.4 Å². The Morgan fingerprint density at radius 1 is 1.20 bits per heavy atom. The van der Waals surface area contributed by atoms with Gasteiger partial charge in [-0.2, -0.15) is 0 Å². The van der Waals surface area contributed by atoms with E-state index in [0.29, 0.717) is 0 Å². The normalized spacial score (nSPS) is 17.2. The molecule has 1 atom stereocenters. The van der Waals surface area contributed by atoms with Gasteiger partial charge >= 0.3 is 0 Å². The minimum Gasteiger partial charge on any atom is -0.394 e. The van der Waals surface area contributed by atoms with E-state index >= 15 is 0 Å². The van der Waals surface area contributed by atoms with Crippen LogP contribution in [0, 0.1) is 20.8 Å². The second kappa shape index (κ2) is 7.38. The van der Waals surface area contributed by atoms with Gasteiger partial charge in [-0.3, -0.25) is 9.69 Å². The van der Waals surface area contributed by atoms with Crippen LogP contribution in [-0.2, 0) is 11.2 Å². The van der Waals surface area contributed by atoms with Crippen LogP contribution in [0.3, 0.4) is 0 Å². The number of amides is 1. The first-order valence-electron chi connectivity index (χ1n) is 8.80. The molecule has 2 aromatic rings. The molecule has 1 heterocycles. The molecule has 1 amide bonds. The lowest BCUT2D eigenvalue weighted by Crippen LogP contribution is -2.42. The van der Waals surface area contributed by atoms with Crippen molar-refractivity contribution in [3.8, 4) is 0 Å². The smallest absolute Gasteiger partial charge is 0.238 e. The highest BCUT2D eigenvalue weighted by Crippen LogP contribution is 2.29. The molecule has 2 aromatic carbocycles. The van der Waals surface area contributed by atoms with Crippen molar-refractivity contribution in [2.75, 3.05) is 25.0 Å². The Morgan fingerprint density at radius 3 is 2.56 bits per heavy atom. The summed E-state index contributed by atoms with van der Waals surface area (Å²) in [6.07, 6.45) is 0.905. The summed E-state index contributed by atoms with van der Waals surface area (Å²) >= 11 is 0. The van der Waals surface area contributed by atoms with Gasteiger partial charge < -0.3 is 10.4 Å². The van der Waals surface area contributed by atoms with Gasteiger partial charge in [-0.1, -0.05) is 42.0 Å². The molecule has 4 nitrogen and oxygen atoms in total. The summed E-state index contributed by atoms with van der Waals surface area (Å²) < 4.78 is 0. The Morgan fingerprint density at radius 2 is 1.88 bits per heavy atom. The second-order valence-corrected chi connectivity index (χ2v) is 6.94. The number of aliphatic hydroxyl groups is 1. The van der Waals surface area contributed by atoms with Crippen LogP contribution < -0.4 is 5.32 Å². The standard InChI is InChI=1S/C21H26N2O2/c1-14-10-15(2)21(16(3)11-14)22-20(25)12-23-9-8-17-6-4-5-7-18(17)19(23)13-24/h4-7,10-11,19,24H,8-9,12-13H2,1-3H3,(H,22,25). The molecule has 132 valence electrons. The fourth-order valence-electron chi connectivity index (χ4n) is 3.85. The number of fused-ring (bicyclic) bond motifs is 1. The number of hydrogen-bond donors (Lipinski definition) is 2. The Balaban J connectivity index is 1.73. The van der Waals surface area contributed by atoms with Crippen LogP contribution in [0.25, 0.3) is 0 Å². The average Bonchev–Trinajstić information content (AvgIpc) is 2.58. The van der Waals surface area contributed by atoms with Gasteiger partial charge in [-0.15, -0.1) is 0 Å². The third-order valence-electron chi connectivity index (χ3n) is 4.98. The lowest BCUT2D eigenvalue weighted by atomic mass is 9.93. The number of benzene rings is 2. The fraction of sp³-hybridized carbons (Fsp3) is 0.381. The minimum absolute atomic E-state index is 0.0207. The summed E-state index contributed by atoms with van der Waals surface area (Å²) in [6.45, 7) is 7.18. The molecule has 0 saturated heterocycles. The van der Waals surface area contributed by atoms with Gasteiger partial charge in [0.1, 0.15) is 0 Å². The SMILES string of the molecule is Cc1cc(C)c(NC(=O)CN2CCc3ccccc3C2CO)c(C)c1. The van der Waals surface area contributed by atoms with E-state index in [0.717, 1.165) is 35.3 Å². The van der Waals surface area contributed by atoms with Crippen LogP contribution in [0.15, 0.2) is 36.4 Å². The lowest BCUT2D eigenvalue weighted by Gasteiger charge is -2.35. The molecule has 1 aliphatic heterocycles. The summed E-state index contributed by atoms with van der Waals surface area (Å²) in [7, 11) is 0. The first-order chi connectivity index (χ1) is 12.0. The number of nitrogens with zero attached hydrogens (tertiary/aromatic N) is 1. The van der Waals surface area contributed by atoms with Crippen LogP contribution in [0.4, 0.5) is 5.69 Å². The zero-order chi connectivity index (χ0) is 18.0. The number of anilines is 1. The number of carbonyl (C=O) groups is 1. The molecule has 0 aromatic heterocycles. The van der Waals surface area contributed by atoms with Gasteiger partial charge in [0.05, 0.1) is 19.2 Å². The first kappa shape index (κ1) is 17.6. The summed E-state index contributed by atoms with van der Waals surface area (Å²) in [5.74, 6) is -0.0344. The molecule has 0 bridgehead atoms. The summed E-state index contributed by atoms with van der Waals surface area (Å²) in [5.41, 5.74) is 6.65. The number of aliphatic hydroxyl groups excluding tert-OH is 1. The zero-order valence-electron chi connectivity index (χ0n) is 15.2. The van der Waals surface area contributed by atoms with Crippen LogP contribution in [-0.4, -0.2) is 35.6 Å². The molecule has 1 unspecified atom stereocenters. The summed E-state index contributed by atoms with van der Waals surface area (Å²) in [6, 6.07) is 12.2. The van der Waals surface area contributed by atoms with Gasteiger partial charge in [0.15, 0.2) is 0 Å². The van der Waals surface area contributed by atoms with Crippen LogP contribution in [0.5, 0.6) is 0 Å². The van der Waals surface area contributed by atoms with Gasteiger partial charge in [0.2, 0.25) is 5.91 Å². The van der Waals surface area contributed by atoms with Crippen molar-refractivity contribution in [3.63, 3.8) is 0 Å². The Labute approximate surface area is 149 Å². The summed E-state index contributed by atoms with van der Waals surface area (Å²) in [4.78, 5) is 14.7. The predicted molar refractivity (Wildman–Crippen MR) is 101 cm³/mol. The van der Waals surface area contributed by atoms with Crippen molar-refractivity contribution >= 4 is 11.6 Å². The van der Waals surface area contributed by atoms with Crippen LogP contribution in [0.1, 0.15) is 33.9 Å². The molecule has 0 saturated carbocycles. The molecule has 0 radical (unpaired) electrons. The van der Waals surface area contributed by atoms with Crippen molar-refractivity contribution in [3.05, 3.63) is 64.2 Å². The van der Waals surface area contributed by atoms with Gasteiger partial charge in [0.25, 0.3) is 0 Å². The molecule has 0 aliphatic carbocycles. The maximum atomic E-state index is 12.6. The number of hydrogen-bond acceptors (Lipinski definition) is 3. The van der Waals surface area contributed by atoms with Crippen molar-refractivity contribution in [2.24, 2.45) is 0 Å². The van der Waals surface area contributed by atoms with E-state index in [9.17, 15) is 9.90 Å². The molecule has 1 aliphatic rings. The molecule has 3 rings (SSSR count). The Kier molecular flexibility index (Phi) is 5.21. The average molecular weight is 338 g/mol. The van der Waals surface area contributed by atoms with E-state index < -0.39 is 0 Å². The molecule has 4 heteroatoms. The Bertz CT molecular complexity index is 762. The van der Waals surface area contributed by atoms with E-state index in [1.54, 1.807) is 0 Å².